The number of rotatable bonds is 3. The summed E-state index contributed by atoms with van der Waals surface area (Å²) in [7, 11) is 4.53. The quantitative estimate of drug-likeness (QED) is 0.425. The number of benzene rings is 1. The Morgan fingerprint density at radius 1 is 1.12 bits per heavy atom. The van der Waals surface area contributed by atoms with E-state index in [-0.39, 0.29) is 11.0 Å². The second-order valence-corrected chi connectivity index (χ2v) is 8.75. The average Bonchev–Trinajstić information content (AvgIpc) is 3.07. The molecule has 0 saturated carbocycles. The Labute approximate surface area is 198 Å². The first kappa shape index (κ1) is 22.8. The van der Waals surface area contributed by atoms with Gasteiger partial charge in [-0.05, 0) is 53.6 Å². The Balaban J connectivity index is 1.68. The van der Waals surface area contributed by atoms with Crippen LogP contribution in [0.3, 0.4) is 0 Å². The van der Waals surface area contributed by atoms with Gasteiger partial charge in [0.25, 0.3) is 11.8 Å². The normalized spacial score (nSPS) is 20.4. The molecule has 1 fully saturated rings. The lowest BCUT2D eigenvalue weighted by molar-refractivity contribution is -0.134. The van der Waals surface area contributed by atoms with Crippen LogP contribution in [0.5, 0.6) is 0 Å². The van der Waals surface area contributed by atoms with Crippen LogP contribution >= 0.6 is 0 Å². The van der Waals surface area contributed by atoms with Crippen LogP contribution in [0.15, 0.2) is 77.2 Å². The van der Waals surface area contributed by atoms with E-state index in [1.807, 2.05) is 31.5 Å². The minimum Gasteiger partial charge on any atom is -0.388 e. The molecule has 1 N–H and O–H groups in total. The molecule has 3 aliphatic rings. The average molecular weight is 456 g/mol. The molecular weight excluding hydrogens is 430 g/mol. The number of fused-ring (bicyclic) bond motifs is 3. The highest BCUT2D eigenvalue weighted by Crippen LogP contribution is 2.50. The number of hydrogen-bond acceptors (Lipinski definition) is 6. The molecule has 0 aromatic heterocycles. The van der Waals surface area contributed by atoms with E-state index in [9.17, 15) is 19.6 Å². The topological polar surface area (TPSA) is 96.7 Å². The van der Waals surface area contributed by atoms with Gasteiger partial charge in [-0.25, -0.2) is 4.79 Å². The molecule has 1 aromatic carbocycles. The van der Waals surface area contributed by atoms with Crippen LogP contribution < -0.4 is 10.2 Å². The van der Waals surface area contributed by atoms with E-state index in [2.05, 4.69) is 42.3 Å². The summed E-state index contributed by atoms with van der Waals surface area (Å²) in [6.07, 6.45) is 10.2. The van der Waals surface area contributed by atoms with Crippen molar-refractivity contribution in [1.82, 2.24) is 9.80 Å². The molecule has 0 unspecified atom stereocenters. The highest BCUT2D eigenvalue weighted by atomic mass is 16.2. The number of imide groups is 2. The number of urea groups is 1. The molecule has 8 nitrogen and oxygen atoms in total. The molecule has 0 spiro atoms. The maximum Gasteiger partial charge on any atom is 0.333 e. The van der Waals surface area contributed by atoms with Gasteiger partial charge < -0.3 is 10.2 Å². The maximum absolute atomic E-state index is 12.3. The molecule has 172 valence electrons. The van der Waals surface area contributed by atoms with Gasteiger partial charge in [0.15, 0.2) is 0 Å². The first-order chi connectivity index (χ1) is 16.1. The van der Waals surface area contributed by atoms with E-state index in [1.54, 1.807) is 6.08 Å². The van der Waals surface area contributed by atoms with Gasteiger partial charge in [0.2, 0.25) is 0 Å². The van der Waals surface area contributed by atoms with Crippen molar-refractivity contribution in [3.8, 4) is 6.07 Å². The van der Waals surface area contributed by atoms with E-state index >= 15 is 0 Å². The summed E-state index contributed by atoms with van der Waals surface area (Å²) >= 11 is 0. The zero-order chi connectivity index (χ0) is 24.8. The molecule has 8 heteroatoms. The Morgan fingerprint density at radius 2 is 1.79 bits per heavy atom. The highest BCUT2D eigenvalue weighted by molar-refractivity contribution is 6.28. The van der Waals surface area contributed by atoms with Gasteiger partial charge in [-0.15, -0.1) is 0 Å². The molecule has 0 radical (unpaired) electrons. The molecule has 4 amide bonds. The van der Waals surface area contributed by atoms with Crippen molar-refractivity contribution >= 4 is 29.2 Å². The summed E-state index contributed by atoms with van der Waals surface area (Å²) in [5.74, 6) is -1.35. The fourth-order valence-corrected chi connectivity index (χ4v) is 4.33. The number of anilines is 2. The molecule has 0 atom stereocenters. The Morgan fingerprint density at radius 3 is 2.41 bits per heavy atom. The van der Waals surface area contributed by atoms with Crippen molar-refractivity contribution in [2.24, 2.45) is 0 Å². The van der Waals surface area contributed by atoms with Gasteiger partial charge in [-0.1, -0.05) is 19.9 Å². The Bertz CT molecular complexity index is 1290. The third-order valence-corrected chi connectivity index (χ3v) is 6.41. The van der Waals surface area contributed by atoms with Crippen LogP contribution in [-0.4, -0.2) is 48.8 Å². The SMILES string of the molecule is CNc1ccc2c(c1)C(C)(C)C1=CC(=C(C#N)C=CC=C3C(=O)N(C)C(=O)N(C)C3=O)C=CN12. The van der Waals surface area contributed by atoms with Gasteiger partial charge >= 0.3 is 6.03 Å². The van der Waals surface area contributed by atoms with Crippen molar-refractivity contribution in [2.75, 3.05) is 31.4 Å². The number of carbonyl (C=O) groups excluding carboxylic acids is 3. The van der Waals surface area contributed by atoms with Crippen molar-refractivity contribution in [3.63, 3.8) is 0 Å². The summed E-state index contributed by atoms with van der Waals surface area (Å²) < 4.78 is 0. The smallest absolute Gasteiger partial charge is 0.333 e. The number of likely N-dealkylation sites (N-methyl/N-ethyl adjacent to an activating group) is 2. The number of nitriles is 1. The second-order valence-electron chi connectivity index (χ2n) is 8.75. The monoisotopic (exact) mass is 455 g/mol. The van der Waals surface area contributed by atoms with Crippen molar-refractivity contribution < 1.29 is 14.4 Å². The van der Waals surface area contributed by atoms with E-state index in [4.69, 9.17) is 0 Å². The van der Waals surface area contributed by atoms with E-state index in [1.165, 1.54) is 31.8 Å². The van der Waals surface area contributed by atoms with Crippen LogP contribution in [0.4, 0.5) is 16.2 Å². The first-order valence-electron chi connectivity index (χ1n) is 10.8. The lowest BCUT2D eigenvalue weighted by Gasteiger charge is -2.28. The molecule has 3 aliphatic heterocycles. The van der Waals surface area contributed by atoms with Gasteiger partial charge in [0.05, 0.1) is 11.6 Å². The summed E-state index contributed by atoms with van der Waals surface area (Å²) in [4.78, 5) is 40.4. The molecule has 3 heterocycles. The zero-order valence-corrected chi connectivity index (χ0v) is 19.7. The van der Waals surface area contributed by atoms with Crippen molar-refractivity contribution in [2.45, 2.75) is 19.3 Å². The highest BCUT2D eigenvalue weighted by Gasteiger charge is 2.41. The van der Waals surface area contributed by atoms with Crippen LogP contribution in [0.25, 0.3) is 0 Å². The van der Waals surface area contributed by atoms with Gasteiger partial charge in [0.1, 0.15) is 5.57 Å². The van der Waals surface area contributed by atoms with E-state index in [0.29, 0.717) is 5.57 Å². The summed E-state index contributed by atoms with van der Waals surface area (Å²) in [6.45, 7) is 4.30. The fraction of sp³-hybridized carbons (Fsp3) is 0.231. The lowest BCUT2D eigenvalue weighted by atomic mass is 9.82. The number of barbiturate groups is 1. The van der Waals surface area contributed by atoms with Crippen LogP contribution in [0, 0.1) is 11.3 Å². The van der Waals surface area contributed by atoms with Gasteiger partial charge in [0, 0.05) is 49.8 Å². The van der Waals surface area contributed by atoms with Crippen molar-refractivity contribution in [3.05, 3.63) is 82.8 Å². The Hall–Kier alpha value is -4.38. The largest absolute Gasteiger partial charge is 0.388 e. The van der Waals surface area contributed by atoms with Crippen LogP contribution in [0.1, 0.15) is 19.4 Å². The van der Waals surface area contributed by atoms with Crippen LogP contribution in [-0.2, 0) is 15.0 Å². The number of amides is 4. The molecule has 1 saturated heterocycles. The first-order valence-corrected chi connectivity index (χ1v) is 10.8. The molecule has 0 aliphatic carbocycles. The number of carbonyl (C=O) groups is 3. The molecule has 0 bridgehead atoms. The summed E-state index contributed by atoms with van der Waals surface area (Å²) in [5.41, 5.74) is 5.07. The van der Waals surface area contributed by atoms with Crippen LogP contribution in [0.2, 0.25) is 0 Å². The minimum absolute atomic E-state index is 0.139. The molecular formula is C26H25N5O3. The van der Waals surface area contributed by atoms with Gasteiger partial charge in [-0.2, -0.15) is 5.26 Å². The predicted molar refractivity (Wildman–Crippen MR) is 130 cm³/mol. The number of allylic oxidation sites excluding steroid dienone is 8. The van der Waals surface area contributed by atoms with Crippen molar-refractivity contribution in [1.29, 1.82) is 5.26 Å². The van der Waals surface area contributed by atoms with E-state index in [0.717, 1.165) is 32.4 Å². The van der Waals surface area contributed by atoms with E-state index < -0.39 is 17.8 Å². The Kier molecular flexibility index (Phi) is 5.49. The molecule has 4 rings (SSSR count). The maximum atomic E-state index is 12.3. The third-order valence-electron chi connectivity index (χ3n) is 6.41. The fourth-order valence-electron chi connectivity index (χ4n) is 4.33. The number of nitrogens with zero attached hydrogens (tertiary/aromatic N) is 4. The van der Waals surface area contributed by atoms with Gasteiger partial charge in [-0.3, -0.25) is 19.4 Å². The predicted octanol–water partition coefficient (Wildman–Crippen LogP) is 3.59. The minimum atomic E-state index is -0.679. The second kappa shape index (κ2) is 8.19. The lowest BCUT2D eigenvalue weighted by Crippen LogP contribution is -2.52. The third kappa shape index (κ3) is 3.42. The number of nitrogens with one attached hydrogen (secondary N) is 1. The zero-order valence-electron chi connectivity index (χ0n) is 19.7. The molecule has 34 heavy (non-hydrogen) atoms. The summed E-state index contributed by atoms with van der Waals surface area (Å²) in [6, 6.07) is 7.77. The standard InChI is InChI=1S/C26H25N5O3/c1-26(2)20-14-18(28-3)9-10-21(20)31-12-11-16(13-22(26)31)17(15-27)7-6-8-19-23(32)29(4)25(34)30(5)24(19)33/h6-14,28H,1-5H3. The molecule has 1 aromatic rings. The number of hydrogen-bond donors (Lipinski definition) is 1. The summed E-state index contributed by atoms with van der Waals surface area (Å²) in [5, 5.41) is 13.0.